The highest BCUT2D eigenvalue weighted by Gasteiger charge is 2.36. The summed E-state index contributed by atoms with van der Waals surface area (Å²) in [5.41, 5.74) is 4.73. The molecule has 1 fully saturated rings. The normalized spacial score (nSPS) is 17.7. The highest BCUT2D eigenvalue weighted by molar-refractivity contribution is 5.85. The minimum absolute atomic E-state index is 0.109. The number of nitrogens with zero attached hydrogens (tertiary/aromatic N) is 6. The lowest BCUT2D eigenvalue weighted by atomic mass is 10.00. The number of aryl methyl sites for hydroxylation is 1. The number of tetrazole rings is 1. The standard InChI is InChI=1S/C27H31N7O2/c1-3-5-6-22-17-34(25-18(4-2)11-12-24(25)35)27(36)33(22)16-21-15-28-14-13-23(21)19-7-9-20(10-8-19)26-29-31-32-30-26/h7-10,13-15,17-18,25H,3-6,11-12,16H2,1-2H3,(H,29,30,31,32). The van der Waals surface area contributed by atoms with Crippen LogP contribution in [0.4, 0.5) is 0 Å². The van der Waals surface area contributed by atoms with Crippen molar-refractivity contribution < 1.29 is 4.79 Å². The van der Waals surface area contributed by atoms with Crippen molar-refractivity contribution in [2.45, 2.75) is 65.0 Å². The molecule has 3 heterocycles. The van der Waals surface area contributed by atoms with E-state index in [9.17, 15) is 9.59 Å². The Morgan fingerprint density at radius 3 is 2.61 bits per heavy atom. The average Bonchev–Trinajstić information content (AvgIpc) is 3.64. The Bertz CT molecular complexity index is 1390. The molecule has 9 heteroatoms. The maximum absolute atomic E-state index is 13.7. The summed E-state index contributed by atoms with van der Waals surface area (Å²) in [6.45, 7) is 4.65. The van der Waals surface area contributed by atoms with Crippen molar-refractivity contribution >= 4 is 5.78 Å². The molecule has 0 spiro atoms. The number of ketones is 1. The van der Waals surface area contributed by atoms with Gasteiger partial charge in [-0.3, -0.25) is 18.9 Å². The van der Waals surface area contributed by atoms with E-state index < -0.39 is 0 Å². The van der Waals surface area contributed by atoms with Gasteiger partial charge in [0.05, 0.1) is 12.6 Å². The van der Waals surface area contributed by atoms with Crippen molar-refractivity contribution in [1.82, 2.24) is 34.7 Å². The second-order valence-corrected chi connectivity index (χ2v) is 9.48. The summed E-state index contributed by atoms with van der Waals surface area (Å²) < 4.78 is 3.55. The van der Waals surface area contributed by atoms with Gasteiger partial charge in [-0.15, -0.1) is 5.10 Å². The number of hydrogen-bond acceptors (Lipinski definition) is 6. The van der Waals surface area contributed by atoms with E-state index in [0.717, 1.165) is 60.1 Å². The highest BCUT2D eigenvalue weighted by Crippen LogP contribution is 2.35. The number of aromatic amines is 1. The van der Waals surface area contributed by atoms with Crippen molar-refractivity contribution in [3.63, 3.8) is 0 Å². The molecule has 36 heavy (non-hydrogen) atoms. The summed E-state index contributed by atoms with van der Waals surface area (Å²) in [6, 6.07) is 9.59. The van der Waals surface area contributed by atoms with Crippen LogP contribution in [0.1, 0.15) is 63.3 Å². The first-order valence-electron chi connectivity index (χ1n) is 12.7. The first kappa shape index (κ1) is 23.8. The lowest BCUT2D eigenvalue weighted by molar-refractivity contribution is -0.120. The van der Waals surface area contributed by atoms with Crippen LogP contribution in [0, 0.1) is 5.92 Å². The Morgan fingerprint density at radius 2 is 1.89 bits per heavy atom. The molecule has 1 aliphatic carbocycles. The first-order chi connectivity index (χ1) is 17.6. The molecule has 1 saturated carbocycles. The molecule has 0 aliphatic heterocycles. The van der Waals surface area contributed by atoms with E-state index in [-0.39, 0.29) is 23.4 Å². The highest BCUT2D eigenvalue weighted by atomic mass is 16.2. The third-order valence-electron chi connectivity index (χ3n) is 7.28. The number of benzene rings is 1. The van der Waals surface area contributed by atoms with Gasteiger partial charge in [0.2, 0.25) is 0 Å². The van der Waals surface area contributed by atoms with Crippen molar-refractivity contribution in [1.29, 1.82) is 0 Å². The Morgan fingerprint density at radius 1 is 1.08 bits per heavy atom. The third-order valence-corrected chi connectivity index (χ3v) is 7.28. The van der Waals surface area contributed by atoms with Crippen molar-refractivity contribution in [3.8, 4) is 22.5 Å². The van der Waals surface area contributed by atoms with Gasteiger partial charge in [0, 0.05) is 36.3 Å². The van der Waals surface area contributed by atoms with Gasteiger partial charge in [0.1, 0.15) is 0 Å². The zero-order chi connectivity index (χ0) is 25.1. The summed E-state index contributed by atoms with van der Waals surface area (Å²) in [5, 5.41) is 14.0. The van der Waals surface area contributed by atoms with E-state index in [1.54, 1.807) is 10.8 Å². The van der Waals surface area contributed by atoms with Gasteiger partial charge >= 0.3 is 5.69 Å². The number of nitrogens with one attached hydrogen (secondary N) is 1. The zero-order valence-electron chi connectivity index (χ0n) is 20.7. The lowest BCUT2D eigenvalue weighted by Crippen LogP contribution is -2.32. The van der Waals surface area contributed by atoms with Crippen LogP contribution in [0.5, 0.6) is 0 Å². The summed E-state index contributed by atoms with van der Waals surface area (Å²) >= 11 is 0. The molecule has 3 aromatic heterocycles. The second-order valence-electron chi connectivity index (χ2n) is 9.48. The molecule has 4 aromatic rings. The van der Waals surface area contributed by atoms with Crippen LogP contribution in [0.15, 0.2) is 53.7 Å². The van der Waals surface area contributed by atoms with Gasteiger partial charge in [-0.2, -0.15) is 0 Å². The molecule has 0 bridgehead atoms. The van der Waals surface area contributed by atoms with Crippen LogP contribution in [0.25, 0.3) is 22.5 Å². The van der Waals surface area contributed by atoms with Gasteiger partial charge in [-0.1, -0.05) is 51.0 Å². The van der Waals surface area contributed by atoms with Crippen LogP contribution in [-0.4, -0.2) is 40.5 Å². The molecule has 1 N–H and O–H groups in total. The number of pyridine rings is 1. The molecule has 2 atom stereocenters. The van der Waals surface area contributed by atoms with Crippen LogP contribution in [0.2, 0.25) is 0 Å². The largest absolute Gasteiger partial charge is 0.329 e. The molecule has 0 saturated heterocycles. The zero-order valence-corrected chi connectivity index (χ0v) is 20.7. The van der Waals surface area contributed by atoms with E-state index in [1.165, 1.54) is 0 Å². The molecule has 2 unspecified atom stereocenters. The fourth-order valence-electron chi connectivity index (χ4n) is 5.27. The SMILES string of the molecule is CCCCc1cn(C2C(=O)CCC2CC)c(=O)n1Cc1cnccc1-c1ccc(-c2nnn[nH]2)cc1. The predicted octanol–water partition coefficient (Wildman–Crippen LogP) is 4.21. The molecule has 186 valence electrons. The maximum Gasteiger partial charge on any atom is 0.329 e. The number of hydrogen-bond donors (Lipinski definition) is 1. The van der Waals surface area contributed by atoms with Gasteiger partial charge in [0.15, 0.2) is 11.6 Å². The van der Waals surface area contributed by atoms with E-state index >= 15 is 0 Å². The quantitative estimate of drug-likeness (QED) is 0.380. The fraction of sp³-hybridized carbons (Fsp3) is 0.407. The number of carbonyl (C=O) groups is 1. The van der Waals surface area contributed by atoms with Crippen molar-refractivity contribution in [2.24, 2.45) is 5.92 Å². The minimum atomic E-state index is -0.351. The van der Waals surface area contributed by atoms with Gasteiger partial charge < -0.3 is 0 Å². The Labute approximate surface area is 209 Å². The van der Waals surface area contributed by atoms with Crippen LogP contribution in [0.3, 0.4) is 0 Å². The number of imidazole rings is 1. The smallest absolute Gasteiger partial charge is 0.297 e. The fourth-order valence-corrected chi connectivity index (χ4v) is 5.27. The molecular formula is C27H31N7O2. The summed E-state index contributed by atoms with van der Waals surface area (Å²) in [4.78, 5) is 30.8. The van der Waals surface area contributed by atoms with Gasteiger partial charge in [0.25, 0.3) is 0 Å². The Balaban J connectivity index is 1.51. The van der Waals surface area contributed by atoms with E-state index in [4.69, 9.17) is 0 Å². The van der Waals surface area contributed by atoms with Crippen LogP contribution in [-0.2, 0) is 17.8 Å². The van der Waals surface area contributed by atoms with Gasteiger partial charge in [-0.25, -0.2) is 9.89 Å². The Hall–Kier alpha value is -3.88. The van der Waals surface area contributed by atoms with Crippen LogP contribution >= 0.6 is 0 Å². The van der Waals surface area contributed by atoms with Crippen molar-refractivity contribution in [3.05, 3.63) is 70.7 Å². The van der Waals surface area contributed by atoms with Crippen molar-refractivity contribution in [2.75, 3.05) is 0 Å². The third kappa shape index (κ3) is 4.53. The van der Waals surface area contributed by atoms with Crippen LogP contribution < -0.4 is 5.69 Å². The maximum atomic E-state index is 13.7. The number of aromatic nitrogens is 7. The summed E-state index contributed by atoms with van der Waals surface area (Å²) in [6.07, 6.45) is 10.6. The number of unbranched alkanes of at least 4 members (excludes halogenated alkanes) is 1. The molecule has 9 nitrogen and oxygen atoms in total. The lowest BCUT2D eigenvalue weighted by Gasteiger charge is -2.17. The number of H-pyrrole nitrogens is 1. The number of rotatable bonds is 9. The molecular weight excluding hydrogens is 454 g/mol. The first-order valence-corrected chi connectivity index (χ1v) is 12.7. The number of Topliss-reactive ketones (excluding diaryl/α,β-unsaturated/α-hetero) is 1. The summed E-state index contributed by atoms with van der Waals surface area (Å²) in [7, 11) is 0. The van der Waals surface area contributed by atoms with E-state index in [1.807, 2.05) is 47.3 Å². The van der Waals surface area contributed by atoms with Gasteiger partial charge in [-0.05, 0) is 58.4 Å². The summed E-state index contributed by atoms with van der Waals surface area (Å²) in [5.74, 6) is 1.00. The monoisotopic (exact) mass is 485 g/mol. The van der Waals surface area contributed by atoms with E-state index in [0.29, 0.717) is 18.8 Å². The Kier molecular flexibility index (Phi) is 6.88. The minimum Gasteiger partial charge on any atom is -0.297 e. The molecule has 1 aliphatic rings. The molecule has 1 aromatic carbocycles. The molecule has 0 amide bonds. The molecule has 0 radical (unpaired) electrons. The van der Waals surface area contributed by atoms with E-state index in [2.05, 4.69) is 39.5 Å². The topological polar surface area (TPSA) is 111 Å². The average molecular weight is 486 g/mol. The second kappa shape index (κ2) is 10.4. The predicted molar refractivity (Wildman–Crippen MR) is 136 cm³/mol. The number of carbonyl (C=O) groups excluding carboxylic acids is 1. The molecule has 5 rings (SSSR count).